The Bertz CT molecular complexity index is 296. The van der Waals surface area contributed by atoms with Crippen molar-refractivity contribution in [1.29, 1.82) is 0 Å². The van der Waals surface area contributed by atoms with E-state index in [-0.39, 0.29) is 18.3 Å². The quantitative estimate of drug-likeness (QED) is 0.852. The number of hydrogen-bond acceptors (Lipinski definition) is 3. The van der Waals surface area contributed by atoms with Gasteiger partial charge in [-0.3, -0.25) is 4.79 Å². The third kappa shape index (κ3) is 3.48. The van der Waals surface area contributed by atoms with E-state index < -0.39 is 0 Å². The minimum absolute atomic E-state index is 0. The van der Waals surface area contributed by atoms with Gasteiger partial charge < -0.3 is 10.6 Å². The molecule has 0 bridgehead atoms. The molecule has 2 N–H and O–H groups in total. The van der Waals surface area contributed by atoms with Crippen molar-refractivity contribution in [3.63, 3.8) is 0 Å². The van der Waals surface area contributed by atoms with Crippen LogP contribution < -0.4 is 10.6 Å². The minimum atomic E-state index is 0. The van der Waals surface area contributed by atoms with Gasteiger partial charge in [-0.1, -0.05) is 6.07 Å². The zero-order valence-electron chi connectivity index (χ0n) is 8.36. The number of halogens is 1. The van der Waals surface area contributed by atoms with Gasteiger partial charge in [-0.25, -0.2) is 0 Å². The monoisotopic (exact) mass is 246 g/mol. The SMILES string of the molecule is Cl.O=C(NCC1CCCN1)c1cccs1. The molecule has 0 spiro atoms. The molecule has 15 heavy (non-hydrogen) atoms. The predicted octanol–water partition coefficient (Wildman–Crippen LogP) is 1.65. The number of nitrogens with one attached hydrogen (secondary N) is 2. The molecular formula is C10H15ClN2OS. The summed E-state index contributed by atoms with van der Waals surface area (Å²) in [7, 11) is 0. The van der Waals surface area contributed by atoms with Crippen LogP contribution in [0.25, 0.3) is 0 Å². The van der Waals surface area contributed by atoms with Gasteiger partial charge in [-0.2, -0.15) is 0 Å². The van der Waals surface area contributed by atoms with Crippen molar-refractivity contribution >= 4 is 29.7 Å². The van der Waals surface area contributed by atoms with Crippen LogP contribution in [0.2, 0.25) is 0 Å². The molecule has 1 fully saturated rings. The molecule has 1 saturated heterocycles. The van der Waals surface area contributed by atoms with Gasteiger partial charge in [0.2, 0.25) is 0 Å². The third-order valence-electron chi connectivity index (χ3n) is 2.42. The van der Waals surface area contributed by atoms with E-state index >= 15 is 0 Å². The summed E-state index contributed by atoms with van der Waals surface area (Å²) >= 11 is 1.48. The molecule has 3 nitrogen and oxygen atoms in total. The first-order valence-corrected chi connectivity index (χ1v) is 5.79. The lowest BCUT2D eigenvalue weighted by molar-refractivity contribution is 0.0954. The minimum Gasteiger partial charge on any atom is -0.350 e. The number of rotatable bonds is 3. The van der Waals surface area contributed by atoms with E-state index in [0.717, 1.165) is 18.0 Å². The highest BCUT2D eigenvalue weighted by Crippen LogP contribution is 2.08. The van der Waals surface area contributed by atoms with Crippen LogP contribution in [0.15, 0.2) is 17.5 Å². The molecule has 1 aromatic rings. The summed E-state index contributed by atoms with van der Waals surface area (Å²) in [6, 6.07) is 4.22. The average molecular weight is 247 g/mol. The van der Waals surface area contributed by atoms with Crippen LogP contribution in [0.3, 0.4) is 0 Å². The zero-order valence-corrected chi connectivity index (χ0v) is 10.00. The fourth-order valence-corrected chi connectivity index (χ4v) is 2.28. The Morgan fingerprint density at radius 1 is 1.67 bits per heavy atom. The van der Waals surface area contributed by atoms with E-state index in [1.165, 1.54) is 24.2 Å². The van der Waals surface area contributed by atoms with E-state index in [1.54, 1.807) is 0 Å². The van der Waals surface area contributed by atoms with Crippen molar-refractivity contribution < 1.29 is 4.79 Å². The summed E-state index contributed by atoms with van der Waals surface area (Å²) < 4.78 is 0. The summed E-state index contributed by atoms with van der Waals surface area (Å²) in [4.78, 5) is 12.3. The maximum atomic E-state index is 11.5. The number of amides is 1. The highest BCUT2D eigenvalue weighted by atomic mass is 35.5. The van der Waals surface area contributed by atoms with Gasteiger partial charge in [-0.05, 0) is 30.8 Å². The molecule has 5 heteroatoms. The molecule has 0 aromatic carbocycles. The van der Waals surface area contributed by atoms with Crippen LogP contribution in [0.4, 0.5) is 0 Å². The summed E-state index contributed by atoms with van der Waals surface area (Å²) in [5.74, 6) is 0.0497. The van der Waals surface area contributed by atoms with E-state index in [2.05, 4.69) is 10.6 Å². The summed E-state index contributed by atoms with van der Waals surface area (Å²) in [5, 5.41) is 8.20. The van der Waals surface area contributed by atoms with E-state index in [0.29, 0.717) is 6.04 Å². The van der Waals surface area contributed by atoms with Crippen molar-refractivity contribution in [2.45, 2.75) is 18.9 Å². The van der Waals surface area contributed by atoms with Crippen LogP contribution in [0.5, 0.6) is 0 Å². The molecule has 1 aliphatic rings. The molecule has 84 valence electrons. The van der Waals surface area contributed by atoms with E-state index in [1.807, 2.05) is 17.5 Å². The molecule has 2 rings (SSSR count). The zero-order chi connectivity index (χ0) is 9.80. The van der Waals surface area contributed by atoms with Crippen molar-refractivity contribution in [3.05, 3.63) is 22.4 Å². The van der Waals surface area contributed by atoms with Gasteiger partial charge in [0.05, 0.1) is 4.88 Å². The van der Waals surface area contributed by atoms with E-state index in [4.69, 9.17) is 0 Å². The van der Waals surface area contributed by atoms with Crippen LogP contribution >= 0.6 is 23.7 Å². The normalized spacial score (nSPS) is 19.6. The Balaban J connectivity index is 0.00000112. The largest absolute Gasteiger partial charge is 0.350 e. The van der Waals surface area contributed by atoms with Gasteiger partial charge in [0.15, 0.2) is 0 Å². The second-order valence-electron chi connectivity index (χ2n) is 3.48. The van der Waals surface area contributed by atoms with Crippen molar-refractivity contribution in [2.24, 2.45) is 0 Å². The highest BCUT2D eigenvalue weighted by molar-refractivity contribution is 7.12. The molecule has 1 aliphatic heterocycles. The third-order valence-corrected chi connectivity index (χ3v) is 3.28. The Kier molecular flexibility index (Phi) is 5.08. The van der Waals surface area contributed by atoms with Crippen LogP contribution in [-0.4, -0.2) is 25.0 Å². The van der Waals surface area contributed by atoms with Gasteiger partial charge in [-0.15, -0.1) is 23.7 Å². The molecule has 0 saturated carbocycles. The molecule has 0 aliphatic carbocycles. The first kappa shape index (κ1) is 12.5. The Morgan fingerprint density at radius 2 is 2.53 bits per heavy atom. The lowest BCUT2D eigenvalue weighted by Gasteiger charge is -2.10. The smallest absolute Gasteiger partial charge is 0.261 e. The van der Waals surface area contributed by atoms with Crippen LogP contribution in [-0.2, 0) is 0 Å². The molecule has 1 unspecified atom stereocenters. The molecular weight excluding hydrogens is 232 g/mol. The number of thiophene rings is 1. The van der Waals surface area contributed by atoms with Crippen LogP contribution in [0.1, 0.15) is 22.5 Å². The second kappa shape index (κ2) is 6.10. The lowest BCUT2D eigenvalue weighted by atomic mass is 10.2. The highest BCUT2D eigenvalue weighted by Gasteiger charge is 2.15. The summed E-state index contributed by atoms with van der Waals surface area (Å²) in [6.45, 7) is 1.83. The predicted molar refractivity (Wildman–Crippen MR) is 64.9 cm³/mol. The molecule has 1 aromatic heterocycles. The summed E-state index contributed by atoms with van der Waals surface area (Å²) in [5.41, 5.74) is 0. The first-order valence-electron chi connectivity index (χ1n) is 4.91. The van der Waals surface area contributed by atoms with Crippen LogP contribution in [0, 0.1) is 0 Å². The number of carbonyl (C=O) groups is 1. The average Bonchev–Trinajstić information content (AvgIpc) is 2.87. The second-order valence-corrected chi connectivity index (χ2v) is 4.43. The molecule has 1 amide bonds. The number of hydrogen-bond donors (Lipinski definition) is 2. The van der Waals surface area contributed by atoms with E-state index in [9.17, 15) is 4.79 Å². The lowest BCUT2D eigenvalue weighted by Crippen LogP contribution is -2.36. The van der Waals surface area contributed by atoms with Crippen molar-refractivity contribution in [1.82, 2.24) is 10.6 Å². The van der Waals surface area contributed by atoms with Gasteiger partial charge in [0, 0.05) is 12.6 Å². The summed E-state index contributed by atoms with van der Waals surface area (Å²) in [6.07, 6.45) is 2.39. The maximum Gasteiger partial charge on any atom is 0.261 e. The Hall–Kier alpha value is -0.580. The molecule has 2 heterocycles. The molecule has 1 atom stereocenters. The maximum absolute atomic E-state index is 11.5. The van der Waals surface area contributed by atoms with Gasteiger partial charge in [0.1, 0.15) is 0 Å². The Labute approximate surface area is 99.7 Å². The molecule has 0 radical (unpaired) electrons. The first-order chi connectivity index (χ1) is 6.86. The number of carbonyl (C=O) groups excluding carboxylic acids is 1. The fourth-order valence-electron chi connectivity index (χ4n) is 1.64. The Morgan fingerprint density at radius 3 is 3.13 bits per heavy atom. The fraction of sp³-hybridized carbons (Fsp3) is 0.500. The van der Waals surface area contributed by atoms with Crippen molar-refractivity contribution in [2.75, 3.05) is 13.1 Å². The topological polar surface area (TPSA) is 41.1 Å². The standard InChI is InChI=1S/C10H14N2OS.ClH/c13-10(9-4-2-6-14-9)12-7-8-3-1-5-11-8;/h2,4,6,8,11H,1,3,5,7H2,(H,12,13);1H. The van der Waals surface area contributed by atoms with Crippen molar-refractivity contribution in [3.8, 4) is 0 Å². The van der Waals surface area contributed by atoms with Gasteiger partial charge >= 0.3 is 0 Å². The van der Waals surface area contributed by atoms with Gasteiger partial charge in [0.25, 0.3) is 5.91 Å².